The first-order valence-corrected chi connectivity index (χ1v) is 4.88. The zero-order valence-electron chi connectivity index (χ0n) is 5.70. The molecule has 0 aromatic heterocycles. The Kier molecular flexibility index (Phi) is 4.00. The second-order valence-corrected chi connectivity index (χ2v) is 4.36. The molecular formula is C5H10O3S2. The van der Waals surface area contributed by atoms with Gasteiger partial charge in [0.15, 0.2) is 0 Å². The van der Waals surface area contributed by atoms with E-state index in [4.69, 9.17) is 16.8 Å². The molecule has 1 N–H and O–H groups in total. The third kappa shape index (κ3) is 8.00. The zero-order valence-corrected chi connectivity index (χ0v) is 7.33. The normalized spacial score (nSPS) is 11.4. The van der Waals surface area contributed by atoms with Crippen LogP contribution < -0.4 is 0 Å². The molecule has 0 aromatic carbocycles. The highest BCUT2D eigenvalue weighted by Gasteiger charge is 2.02. The van der Waals surface area contributed by atoms with Gasteiger partial charge in [-0.1, -0.05) is 12.2 Å². The molecule has 0 heterocycles. The summed E-state index contributed by atoms with van der Waals surface area (Å²) >= 11 is 4.71. The molecule has 5 heteroatoms. The van der Waals surface area contributed by atoms with Crippen LogP contribution in [0.1, 0.15) is 19.8 Å². The Morgan fingerprint density at radius 3 is 2.40 bits per heavy atom. The van der Waals surface area contributed by atoms with Crippen molar-refractivity contribution in [3.63, 3.8) is 0 Å². The minimum Gasteiger partial charge on any atom is -0.286 e. The summed E-state index contributed by atoms with van der Waals surface area (Å²) in [6, 6.07) is 0. The van der Waals surface area contributed by atoms with E-state index in [1.54, 1.807) is 6.92 Å². The van der Waals surface area contributed by atoms with Gasteiger partial charge in [-0.25, -0.2) is 0 Å². The van der Waals surface area contributed by atoms with Gasteiger partial charge >= 0.3 is 0 Å². The number of thiocarbonyl (C=S) groups is 1. The van der Waals surface area contributed by atoms with E-state index >= 15 is 0 Å². The Hall–Kier alpha value is -0.0000000000000000763. The fourth-order valence-electron chi connectivity index (χ4n) is 0.504. The molecule has 0 radical (unpaired) electrons. The monoisotopic (exact) mass is 182 g/mol. The van der Waals surface area contributed by atoms with Crippen molar-refractivity contribution in [3.05, 3.63) is 0 Å². The molecule has 0 fully saturated rings. The lowest BCUT2D eigenvalue weighted by Gasteiger charge is -1.94. The van der Waals surface area contributed by atoms with E-state index in [0.717, 1.165) is 4.86 Å². The molecule has 0 saturated carbocycles. The van der Waals surface area contributed by atoms with Crippen LogP contribution in [-0.2, 0) is 10.1 Å². The van der Waals surface area contributed by atoms with E-state index in [0.29, 0.717) is 12.8 Å². The van der Waals surface area contributed by atoms with Crippen molar-refractivity contribution < 1.29 is 13.0 Å². The highest BCUT2D eigenvalue weighted by atomic mass is 32.2. The Labute approximate surface area is 66.2 Å². The fraction of sp³-hybridized carbons (Fsp3) is 0.800. The summed E-state index contributed by atoms with van der Waals surface area (Å²) in [5.41, 5.74) is 0. The van der Waals surface area contributed by atoms with Gasteiger partial charge in [0.1, 0.15) is 0 Å². The maximum Gasteiger partial charge on any atom is 0.264 e. The van der Waals surface area contributed by atoms with Crippen molar-refractivity contribution >= 4 is 27.2 Å². The van der Waals surface area contributed by atoms with Gasteiger partial charge in [0, 0.05) is 0 Å². The van der Waals surface area contributed by atoms with E-state index in [1.165, 1.54) is 0 Å². The van der Waals surface area contributed by atoms with Crippen molar-refractivity contribution in [1.82, 2.24) is 0 Å². The van der Waals surface area contributed by atoms with Crippen LogP contribution in [0.4, 0.5) is 0 Å². The van der Waals surface area contributed by atoms with E-state index in [2.05, 4.69) is 0 Å². The lowest BCUT2D eigenvalue weighted by molar-refractivity contribution is 0.481. The van der Waals surface area contributed by atoms with Crippen LogP contribution in [0.5, 0.6) is 0 Å². The highest BCUT2D eigenvalue weighted by Crippen LogP contribution is 1.95. The van der Waals surface area contributed by atoms with Gasteiger partial charge < -0.3 is 0 Å². The van der Waals surface area contributed by atoms with Crippen LogP contribution in [-0.4, -0.2) is 23.6 Å². The molecule has 0 unspecified atom stereocenters. The Morgan fingerprint density at radius 2 is 2.10 bits per heavy atom. The lowest BCUT2D eigenvalue weighted by Crippen LogP contribution is -2.04. The predicted octanol–water partition coefficient (Wildman–Crippen LogP) is 1.04. The number of hydrogen-bond donors (Lipinski definition) is 1. The van der Waals surface area contributed by atoms with Gasteiger partial charge in [-0.15, -0.1) is 0 Å². The van der Waals surface area contributed by atoms with E-state index < -0.39 is 10.1 Å². The molecule has 0 aliphatic heterocycles. The van der Waals surface area contributed by atoms with Crippen LogP contribution in [0.2, 0.25) is 0 Å². The minimum absolute atomic E-state index is 0.193. The van der Waals surface area contributed by atoms with Gasteiger partial charge in [-0.2, -0.15) is 8.42 Å². The van der Waals surface area contributed by atoms with Crippen LogP contribution in [0.3, 0.4) is 0 Å². The summed E-state index contributed by atoms with van der Waals surface area (Å²) in [6.45, 7) is 1.75. The summed E-state index contributed by atoms with van der Waals surface area (Å²) in [5, 5.41) is 0. The SMILES string of the molecule is CC(=S)CCCS(=O)(=O)O. The fourth-order valence-corrected chi connectivity index (χ4v) is 1.16. The zero-order chi connectivity index (χ0) is 8.20. The molecule has 60 valence electrons. The second kappa shape index (κ2) is 4.00. The topological polar surface area (TPSA) is 54.4 Å². The van der Waals surface area contributed by atoms with E-state index in [9.17, 15) is 8.42 Å². The van der Waals surface area contributed by atoms with Crippen LogP contribution in [0.25, 0.3) is 0 Å². The third-order valence-corrected chi connectivity index (χ3v) is 1.94. The second-order valence-electron chi connectivity index (χ2n) is 2.09. The van der Waals surface area contributed by atoms with Gasteiger partial charge in [-0.3, -0.25) is 4.55 Å². The Bertz CT molecular complexity index is 205. The third-order valence-electron chi connectivity index (χ3n) is 0.931. The van der Waals surface area contributed by atoms with Crippen LogP contribution in [0, 0.1) is 0 Å². The average molecular weight is 182 g/mol. The summed E-state index contributed by atoms with van der Waals surface area (Å²) in [4.78, 5) is 0.767. The van der Waals surface area contributed by atoms with Crippen molar-refractivity contribution in [1.29, 1.82) is 0 Å². The summed E-state index contributed by atoms with van der Waals surface area (Å²) < 4.78 is 28.5. The Balaban J connectivity index is 3.49. The lowest BCUT2D eigenvalue weighted by atomic mass is 10.3. The highest BCUT2D eigenvalue weighted by molar-refractivity contribution is 7.85. The van der Waals surface area contributed by atoms with Gasteiger partial charge in [0.2, 0.25) is 0 Å². The molecule has 0 rings (SSSR count). The van der Waals surface area contributed by atoms with E-state index in [1.807, 2.05) is 0 Å². The molecule has 3 nitrogen and oxygen atoms in total. The molecule has 0 amide bonds. The summed E-state index contributed by atoms with van der Waals surface area (Å²) in [7, 11) is -3.78. The maximum atomic E-state index is 10.1. The minimum atomic E-state index is -3.78. The average Bonchev–Trinajstić information content (AvgIpc) is 1.59. The molecule has 0 aliphatic rings. The van der Waals surface area contributed by atoms with Crippen molar-refractivity contribution in [2.75, 3.05) is 5.75 Å². The number of rotatable bonds is 4. The molecule has 0 saturated heterocycles. The Morgan fingerprint density at radius 1 is 1.60 bits per heavy atom. The smallest absolute Gasteiger partial charge is 0.264 e. The van der Waals surface area contributed by atoms with Crippen LogP contribution >= 0.6 is 12.2 Å². The predicted molar refractivity (Wildman–Crippen MR) is 43.9 cm³/mol. The van der Waals surface area contributed by atoms with Crippen molar-refractivity contribution in [3.8, 4) is 0 Å². The first kappa shape index (κ1) is 10.0. The molecule has 10 heavy (non-hydrogen) atoms. The van der Waals surface area contributed by atoms with Crippen molar-refractivity contribution in [2.24, 2.45) is 0 Å². The summed E-state index contributed by atoms with van der Waals surface area (Å²) in [6.07, 6.45) is 0.989. The molecule has 0 aliphatic carbocycles. The van der Waals surface area contributed by atoms with Gasteiger partial charge in [0.05, 0.1) is 5.75 Å². The number of hydrogen-bond acceptors (Lipinski definition) is 3. The quantitative estimate of drug-likeness (QED) is 0.521. The first-order chi connectivity index (χ1) is 4.42. The standard InChI is InChI=1S/C5H10O3S2/c1-5(9)3-2-4-10(6,7)8/h2-4H2,1H3,(H,6,7,8). The van der Waals surface area contributed by atoms with E-state index in [-0.39, 0.29) is 5.75 Å². The molecular weight excluding hydrogens is 172 g/mol. The maximum absolute atomic E-state index is 10.1. The largest absolute Gasteiger partial charge is 0.286 e. The summed E-state index contributed by atoms with van der Waals surface area (Å²) in [5.74, 6) is -0.193. The van der Waals surface area contributed by atoms with Gasteiger partial charge in [-0.05, 0) is 24.6 Å². The molecule has 0 aromatic rings. The van der Waals surface area contributed by atoms with Crippen molar-refractivity contribution in [2.45, 2.75) is 19.8 Å². The molecule has 0 spiro atoms. The van der Waals surface area contributed by atoms with Crippen LogP contribution in [0.15, 0.2) is 0 Å². The first-order valence-electron chi connectivity index (χ1n) is 2.86. The molecule has 0 atom stereocenters. The molecule has 0 bridgehead atoms. The van der Waals surface area contributed by atoms with Gasteiger partial charge in [0.25, 0.3) is 10.1 Å².